The number of hydrogen-bond donors (Lipinski definition) is 2. The molecule has 23 heavy (non-hydrogen) atoms. The number of para-hydroxylation sites is 2. The van der Waals surface area contributed by atoms with Crippen LogP contribution in [0.25, 0.3) is 11.0 Å². The second-order valence-electron chi connectivity index (χ2n) is 5.38. The van der Waals surface area contributed by atoms with Gasteiger partial charge in [-0.2, -0.15) is 0 Å². The smallest absolute Gasteiger partial charge is 0.224 e. The number of nitrogens with one attached hydrogen (secondary N) is 2. The highest BCUT2D eigenvalue weighted by Crippen LogP contribution is 2.13. The van der Waals surface area contributed by atoms with E-state index in [1.807, 2.05) is 24.3 Å². The molecule has 3 rings (SSSR count). The minimum Gasteiger partial charge on any atom is -0.342 e. The van der Waals surface area contributed by atoms with Crippen LogP contribution in [0.5, 0.6) is 0 Å². The lowest BCUT2D eigenvalue weighted by atomic mass is 10.1. The minimum absolute atomic E-state index is 0.00719. The number of Topliss-reactive ketones (excluding diaryl/α,β-unsaturated/α-hetero) is 1. The van der Waals surface area contributed by atoms with E-state index in [0.29, 0.717) is 24.1 Å². The summed E-state index contributed by atoms with van der Waals surface area (Å²) in [4.78, 5) is 30.9. The molecule has 0 saturated carbocycles. The number of aromatic amines is 1. The number of aryl methyl sites for hydroxylation is 1. The second-order valence-corrected chi connectivity index (χ2v) is 5.38. The zero-order chi connectivity index (χ0) is 16.2. The Balaban J connectivity index is 1.57. The van der Waals surface area contributed by atoms with Crippen molar-refractivity contribution in [3.8, 4) is 0 Å². The third-order valence-corrected chi connectivity index (χ3v) is 3.60. The molecule has 0 radical (unpaired) electrons. The molecule has 0 saturated heterocycles. The second kappa shape index (κ2) is 6.44. The average Bonchev–Trinajstić information content (AvgIpc) is 2.96. The SMILES string of the molecule is CC(=O)c1ccc(NC(=O)CCc2nc3ccccc3[nH]2)cc1. The molecule has 0 aliphatic heterocycles. The molecule has 1 aromatic heterocycles. The maximum absolute atomic E-state index is 12.0. The summed E-state index contributed by atoms with van der Waals surface area (Å²) in [5, 5.41) is 2.82. The Morgan fingerprint density at radius 3 is 2.52 bits per heavy atom. The Hall–Kier alpha value is -2.95. The van der Waals surface area contributed by atoms with E-state index in [2.05, 4.69) is 15.3 Å². The van der Waals surface area contributed by atoms with E-state index >= 15 is 0 Å². The molecular formula is C18H17N3O2. The van der Waals surface area contributed by atoms with E-state index in [1.54, 1.807) is 24.3 Å². The quantitative estimate of drug-likeness (QED) is 0.710. The molecule has 0 unspecified atom stereocenters. The van der Waals surface area contributed by atoms with Crippen molar-refractivity contribution >= 4 is 28.4 Å². The molecule has 0 spiro atoms. The Morgan fingerprint density at radius 2 is 1.83 bits per heavy atom. The number of ketones is 1. The van der Waals surface area contributed by atoms with Crippen molar-refractivity contribution in [2.45, 2.75) is 19.8 Å². The van der Waals surface area contributed by atoms with E-state index < -0.39 is 0 Å². The third kappa shape index (κ3) is 3.63. The van der Waals surface area contributed by atoms with Gasteiger partial charge in [0.25, 0.3) is 0 Å². The van der Waals surface area contributed by atoms with Crippen LogP contribution in [0, 0.1) is 0 Å². The normalized spacial score (nSPS) is 10.7. The molecular weight excluding hydrogens is 290 g/mol. The number of imidazole rings is 1. The van der Waals surface area contributed by atoms with Gasteiger partial charge >= 0.3 is 0 Å². The molecule has 5 nitrogen and oxygen atoms in total. The Bertz CT molecular complexity index is 817. The summed E-state index contributed by atoms with van der Waals surface area (Å²) in [6, 6.07) is 14.7. The predicted octanol–water partition coefficient (Wildman–Crippen LogP) is 3.34. The third-order valence-electron chi connectivity index (χ3n) is 3.60. The minimum atomic E-state index is -0.0824. The van der Waals surface area contributed by atoms with Gasteiger partial charge in [0, 0.05) is 24.1 Å². The van der Waals surface area contributed by atoms with Crippen LogP contribution < -0.4 is 5.32 Å². The summed E-state index contributed by atoms with van der Waals surface area (Å²) in [7, 11) is 0. The van der Waals surface area contributed by atoms with Crippen LogP contribution in [0.15, 0.2) is 48.5 Å². The van der Waals surface area contributed by atoms with E-state index in [-0.39, 0.29) is 11.7 Å². The lowest BCUT2D eigenvalue weighted by molar-refractivity contribution is -0.116. The highest BCUT2D eigenvalue weighted by Gasteiger charge is 2.07. The average molecular weight is 307 g/mol. The molecule has 0 bridgehead atoms. The topological polar surface area (TPSA) is 74.8 Å². The first-order valence-corrected chi connectivity index (χ1v) is 7.46. The predicted molar refractivity (Wildman–Crippen MR) is 89.5 cm³/mol. The fourth-order valence-corrected chi connectivity index (χ4v) is 2.37. The van der Waals surface area contributed by atoms with Crippen molar-refractivity contribution in [1.29, 1.82) is 0 Å². The maximum atomic E-state index is 12.0. The van der Waals surface area contributed by atoms with Crippen LogP contribution in [0.1, 0.15) is 29.5 Å². The van der Waals surface area contributed by atoms with Crippen molar-refractivity contribution in [3.05, 3.63) is 59.9 Å². The number of rotatable bonds is 5. The monoisotopic (exact) mass is 307 g/mol. The highest BCUT2D eigenvalue weighted by atomic mass is 16.1. The van der Waals surface area contributed by atoms with E-state index in [4.69, 9.17) is 0 Å². The molecule has 1 amide bonds. The lowest BCUT2D eigenvalue weighted by Gasteiger charge is -2.05. The standard InChI is InChI=1S/C18H17N3O2/c1-12(22)13-6-8-14(9-7-13)19-18(23)11-10-17-20-15-4-2-3-5-16(15)21-17/h2-9H,10-11H2,1H3,(H,19,23)(H,20,21). The van der Waals surface area contributed by atoms with Gasteiger partial charge in [0.15, 0.2) is 5.78 Å². The number of aromatic nitrogens is 2. The van der Waals surface area contributed by atoms with Crippen LogP contribution in [-0.4, -0.2) is 21.7 Å². The van der Waals surface area contributed by atoms with Gasteiger partial charge in [-0.3, -0.25) is 9.59 Å². The van der Waals surface area contributed by atoms with Crippen molar-refractivity contribution < 1.29 is 9.59 Å². The number of H-pyrrole nitrogens is 1. The number of fused-ring (bicyclic) bond motifs is 1. The fraction of sp³-hybridized carbons (Fsp3) is 0.167. The molecule has 0 aliphatic rings. The van der Waals surface area contributed by atoms with Gasteiger partial charge in [0.05, 0.1) is 11.0 Å². The zero-order valence-corrected chi connectivity index (χ0v) is 12.8. The summed E-state index contributed by atoms with van der Waals surface area (Å²) >= 11 is 0. The van der Waals surface area contributed by atoms with Crippen molar-refractivity contribution in [1.82, 2.24) is 9.97 Å². The summed E-state index contributed by atoms with van der Waals surface area (Å²) < 4.78 is 0. The highest BCUT2D eigenvalue weighted by molar-refractivity contribution is 5.95. The van der Waals surface area contributed by atoms with Crippen molar-refractivity contribution in [2.24, 2.45) is 0 Å². The van der Waals surface area contributed by atoms with Gasteiger partial charge in [-0.05, 0) is 43.3 Å². The van der Waals surface area contributed by atoms with Gasteiger partial charge in [0.1, 0.15) is 5.82 Å². The molecule has 0 atom stereocenters. The van der Waals surface area contributed by atoms with E-state index in [1.165, 1.54) is 6.92 Å². The summed E-state index contributed by atoms with van der Waals surface area (Å²) in [6.45, 7) is 1.51. The Morgan fingerprint density at radius 1 is 1.09 bits per heavy atom. The molecule has 3 aromatic rings. The van der Waals surface area contributed by atoms with Crippen LogP contribution in [0.2, 0.25) is 0 Å². The number of anilines is 1. The number of amides is 1. The summed E-state index contributed by atoms with van der Waals surface area (Å²) in [6.07, 6.45) is 0.889. The molecule has 2 aromatic carbocycles. The Labute approximate surface area is 133 Å². The molecule has 2 N–H and O–H groups in total. The van der Waals surface area contributed by atoms with Gasteiger partial charge in [-0.25, -0.2) is 4.98 Å². The first kappa shape index (κ1) is 15.0. The van der Waals surface area contributed by atoms with Gasteiger partial charge in [-0.15, -0.1) is 0 Å². The molecule has 0 fully saturated rings. The van der Waals surface area contributed by atoms with Gasteiger partial charge in [0.2, 0.25) is 5.91 Å². The number of carbonyl (C=O) groups excluding carboxylic acids is 2. The maximum Gasteiger partial charge on any atom is 0.224 e. The van der Waals surface area contributed by atoms with Crippen LogP contribution in [-0.2, 0) is 11.2 Å². The van der Waals surface area contributed by atoms with Crippen molar-refractivity contribution in [3.63, 3.8) is 0 Å². The summed E-state index contributed by atoms with van der Waals surface area (Å²) in [5.41, 5.74) is 3.19. The number of carbonyl (C=O) groups is 2. The molecule has 5 heteroatoms. The Kier molecular flexibility index (Phi) is 4.19. The van der Waals surface area contributed by atoms with E-state index in [9.17, 15) is 9.59 Å². The molecule has 1 heterocycles. The van der Waals surface area contributed by atoms with Crippen LogP contribution >= 0.6 is 0 Å². The first-order valence-electron chi connectivity index (χ1n) is 7.46. The van der Waals surface area contributed by atoms with E-state index in [0.717, 1.165) is 16.9 Å². The van der Waals surface area contributed by atoms with Gasteiger partial charge < -0.3 is 10.3 Å². The lowest BCUT2D eigenvalue weighted by Crippen LogP contribution is -2.12. The number of hydrogen-bond acceptors (Lipinski definition) is 3. The molecule has 0 aliphatic carbocycles. The number of nitrogens with zero attached hydrogens (tertiary/aromatic N) is 1. The fourth-order valence-electron chi connectivity index (χ4n) is 2.37. The zero-order valence-electron chi connectivity index (χ0n) is 12.8. The van der Waals surface area contributed by atoms with Gasteiger partial charge in [-0.1, -0.05) is 12.1 Å². The first-order chi connectivity index (χ1) is 11.1. The van der Waals surface area contributed by atoms with Crippen molar-refractivity contribution in [2.75, 3.05) is 5.32 Å². The van der Waals surface area contributed by atoms with Crippen LogP contribution in [0.3, 0.4) is 0 Å². The van der Waals surface area contributed by atoms with Crippen LogP contribution in [0.4, 0.5) is 5.69 Å². The largest absolute Gasteiger partial charge is 0.342 e. The number of benzene rings is 2. The molecule has 116 valence electrons. The summed E-state index contributed by atoms with van der Waals surface area (Å²) in [5.74, 6) is 0.724.